The molecule has 98 valence electrons. The molecule has 2 rings (SSSR count). The molecule has 1 heterocycles. The minimum atomic E-state index is -3.71. The van der Waals surface area contributed by atoms with Gasteiger partial charge in [0.05, 0.1) is 12.0 Å². The minimum absolute atomic E-state index is 0.0221. The lowest BCUT2D eigenvalue weighted by molar-refractivity contribution is 0.506. The number of nitrogens with zero attached hydrogens (tertiary/aromatic N) is 4. The van der Waals surface area contributed by atoms with Gasteiger partial charge in [-0.25, -0.2) is 17.8 Å². The SMILES string of the molecule is Cn1nnc(Br)c1S(=O)(=O)NC1CCCC1C#N. The van der Waals surface area contributed by atoms with E-state index in [1.54, 1.807) is 0 Å². The molecule has 1 aromatic rings. The van der Waals surface area contributed by atoms with Gasteiger partial charge in [-0.05, 0) is 28.8 Å². The van der Waals surface area contributed by atoms with Crippen LogP contribution < -0.4 is 4.72 Å². The maximum absolute atomic E-state index is 12.2. The lowest BCUT2D eigenvalue weighted by Gasteiger charge is -2.15. The summed E-state index contributed by atoms with van der Waals surface area (Å²) in [4.78, 5) is 0. The summed E-state index contributed by atoms with van der Waals surface area (Å²) in [6.07, 6.45) is 2.27. The molecule has 0 amide bonds. The van der Waals surface area contributed by atoms with Gasteiger partial charge in [0, 0.05) is 13.1 Å². The summed E-state index contributed by atoms with van der Waals surface area (Å²) in [6.45, 7) is 0. The molecule has 1 aliphatic carbocycles. The minimum Gasteiger partial charge on any atom is -0.235 e. The second-order valence-corrected chi connectivity index (χ2v) is 6.58. The summed E-state index contributed by atoms with van der Waals surface area (Å²) < 4.78 is 28.3. The molecule has 0 aromatic carbocycles. The van der Waals surface area contributed by atoms with Crippen LogP contribution in [0.2, 0.25) is 0 Å². The summed E-state index contributed by atoms with van der Waals surface area (Å²) >= 11 is 3.06. The molecular formula is C9H12BrN5O2S. The molecule has 0 aliphatic heterocycles. The summed E-state index contributed by atoms with van der Waals surface area (Å²) in [7, 11) is -2.21. The molecule has 2 unspecified atom stereocenters. The van der Waals surface area contributed by atoms with Gasteiger partial charge in [-0.3, -0.25) is 0 Å². The third kappa shape index (κ3) is 2.41. The van der Waals surface area contributed by atoms with Crippen LogP contribution in [0, 0.1) is 17.2 Å². The molecular weight excluding hydrogens is 322 g/mol. The van der Waals surface area contributed by atoms with E-state index in [0.717, 1.165) is 12.8 Å². The van der Waals surface area contributed by atoms with Gasteiger partial charge in [-0.2, -0.15) is 5.26 Å². The normalized spacial score (nSPS) is 24.1. The van der Waals surface area contributed by atoms with Gasteiger partial charge in [0.2, 0.25) is 5.03 Å². The highest BCUT2D eigenvalue weighted by Crippen LogP contribution is 2.27. The lowest BCUT2D eigenvalue weighted by atomic mass is 10.1. The van der Waals surface area contributed by atoms with E-state index in [2.05, 4.69) is 37.0 Å². The molecule has 0 spiro atoms. The molecule has 18 heavy (non-hydrogen) atoms. The number of aryl methyl sites for hydroxylation is 1. The van der Waals surface area contributed by atoms with E-state index in [0.29, 0.717) is 6.42 Å². The van der Waals surface area contributed by atoms with Gasteiger partial charge in [0.15, 0.2) is 4.60 Å². The second kappa shape index (κ2) is 4.95. The Balaban J connectivity index is 2.26. The van der Waals surface area contributed by atoms with Crippen LogP contribution in [0.4, 0.5) is 0 Å². The quantitative estimate of drug-likeness (QED) is 0.870. The van der Waals surface area contributed by atoms with Crippen molar-refractivity contribution in [2.45, 2.75) is 30.3 Å². The van der Waals surface area contributed by atoms with Crippen molar-refractivity contribution in [3.63, 3.8) is 0 Å². The molecule has 1 aromatic heterocycles. The average Bonchev–Trinajstić information content (AvgIpc) is 2.85. The number of hydrogen-bond donors (Lipinski definition) is 1. The molecule has 0 radical (unpaired) electrons. The zero-order chi connectivity index (χ0) is 13.3. The summed E-state index contributed by atoms with van der Waals surface area (Å²) in [6, 6.07) is 1.80. The first-order chi connectivity index (χ1) is 8.45. The Morgan fingerprint density at radius 1 is 1.56 bits per heavy atom. The summed E-state index contributed by atoms with van der Waals surface area (Å²) in [5, 5.41) is 16.2. The highest BCUT2D eigenvalue weighted by Gasteiger charge is 2.33. The number of hydrogen-bond acceptors (Lipinski definition) is 5. The number of aromatic nitrogens is 3. The largest absolute Gasteiger partial charge is 0.260 e. The van der Waals surface area contributed by atoms with Crippen molar-refractivity contribution in [3.05, 3.63) is 4.60 Å². The first kappa shape index (κ1) is 13.5. The smallest absolute Gasteiger partial charge is 0.235 e. The van der Waals surface area contributed by atoms with Crippen LogP contribution in [0.1, 0.15) is 19.3 Å². The van der Waals surface area contributed by atoms with Crippen LogP contribution in [-0.2, 0) is 17.1 Å². The highest BCUT2D eigenvalue weighted by atomic mass is 79.9. The molecule has 7 nitrogen and oxygen atoms in total. The number of rotatable bonds is 3. The number of nitriles is 1. The van der Waals surface area contributed by atoms with E-state index in [-0.39, 0.29) is 21.6 Å². The van der Waals surface area contributed by atoms with Crippen LogP contribution in [0.3, 0.4) is 0 Å². The van der Waals surface area contributed by atoms with E-state index in [4.69, 9.17) is 5.26 Å². The molecule has 1 saturated carbocycles. The van der Waals surface area contributed by atoms with E-state index in [1.165, 1.54) is 11.7 Å². The summed E-state index contributed by atoms with van der Waals surface area (Å²) in [5.74, 6) is -0.264. The van der Waals surface area contributed by atoms with Gasteiger partial charge < -0.3 is 0 Å². The van der Waals surface area contributed by atoms with E-state index in [1.807, 2.05) is 0 Å². The van der Waals surface area contributed by atoms with Crippen molar-refractivity contribution >= 4 is 26.0 Å². The molecule has 0 bridgehead atoms. The Morgan fingerprint density at radius 3 is 2.83 bits per heavy atom. The average molecular weight is 334 g/mol. The summed E-state index contributed by atoms with van der Waals surface area (Å²) in [5.41, 5.74) is 0. The van der Waals surface area contributed by atoms with E-state index in [9.17, 15) is 8.42 Å². The zero-order valence-corrected chi connectivity index (χ0v) is 12.1. The Kier molecular flexibility index (Phi) is 3.70. The molecule has 9 heteroatoms. The van der Waals surface area contributed by atoms with Crippen molar-refractivity contribution < 1.29 is 8.42 Å². The van der Waals surface area contributed by atoms with Crippen molar-refractivity contribution in [1.29, 1.82) is 5.26 Å². The monoisotopic (exact) mass is 333 g/mol. The third-order valence-electron chi connectivity index (χ3n) is 2.98. The van der Waals surface area contributed by atoms with Crippen molar-refractivity contribution in [3.8, 4) is 6.07 Å². The van der Waals surface area contributed by atoms with Crippen LogP contribution in [0.15, 0.2) is 9.63 Å². The highest BCUT2D eigenvalue weighted by molar-refractivity contribution is 9.10. The molecule has 2 atom stereocenters. The predicted molar refractivity (Wildman–Crippen MR) is 65.8 cm³/mol. The lowest BCUT2D eigenvalue weighted by Crippen LogP contribution is -2.37. The standard InChI is InChI=1S/C9H12BrN5O2S/c1-15-9(8(10)12-14-15)18(16,17)13-7-4-2-3-6(7)5-11/h6-7,13H,2-4H2,1H3. The van der Waals surface area contributed by atoms with Crippen molar-refractivity contribution in [2.75, 3.05) is 0 Å². The van der Waals surface area contributed by atoms with Gasteiger partial charge in [0.25, 0.3) is 10.0 Å². The first-order valence-electron chi connectivity index (χ1n) is 5.43. The third-order valence-corrected chi connectivity index (χ3v) is 5.36. The molecule has 1 fully saturated rings. The molecule has 1 aliphatic rings. The fourth-order valence-electron chi connectivity index (χ4n) is 2.12. The number of halogens is 1. The van der Waals surface area contributed by atoms with Crippen LogP contribution in [0.5, 0.6) is 0 Å². The first-order valence-corrected chi connectivity index (χ1v) is 7.70. The van der Waals surface area contributed by atoms with Gasteiger partial charge in [0.1, 0.15) is 0 Å². The zero-order valence-electron chi connectivity index (χ0n) is 9.67. The van der Waals surface area contributed by atoms with Crippen LogP contribution in [0.25, 0.3) is 0 Å². The fraction of sp³-hybridized carbons (Fsp3) is 0.667. The second-order valence-electron chi connectivity index (χ2n) is 4.20. The number of nitrogens with one attached hydrogen (secondary N) is 1. The predicted octanol–water partition coefficient (Wildman–Crippen LogP) is 0.548. The van der Waals surface area contributed by atoms with Gasteiger partial charge in [-0.15, -0.1) is 5.10 Å². The van der Waals surface area contributed by atoms with Gasteiger partial charge >= 0.3 is 0 Å². The van der Waals surface area contributed by atoms with E-state index < -0.39 is 10.0 Å². The Labute approximate surface area is 113 Å². The maximum atomic E-state index is 12.2. The maximum Gasteiger partial charge on any atom is 0.260 e. The van der Waals surface area contributed by atoms with Crippen LogP contribution >= 0.6 is 15.9 Å². The van der Waals surface area contributed by atoms with Crippen LogP contribution in [-0.4, -0.2) is 29.5 Å². The Hall–Kier alpha value is -0.980. The number of sulfonamides is 1. The van der Waals surface area contributed by atoms with Gasteiger partial charge in [-0.1, -0.05) is 11.6 Å². The van der Waals surface area contributed by atoms with E-state index >= 15 is 0 Å². The Bertz CT molecular complexity index is 571. The van der Waals surface area contributed by atoms with Crippen molar-refractivity contribution in [1.82, 2.24) is 19.7 Å². The molecule has 1 N–H and O–H groups in total. The topological polar surface area (TPSA) is 101 Å². The fourth-order valence-corrected chi connectivity index (χ4v) is 4.52. The van der Waals surface area contributed by atoms with Crippen molar-refractivity contribution in [2.24, 2.45) is 13.0 Å². The molecule has 0 saturated heterocycles. The Morgan fingerprint density at radius 2 is 2.28 bits per heavy atom.